The van der Waals surface area contributed by atoms with E-state index in [4.69, 9.17) is 11.6 Å². The molecule has 3 heteroatoms. The first-order valence-electron chi connectivity index (χ1n) is 7.54. The lowest BCUT2D eigenvalue weighted by Crippen LogP contribution is -2.54. The smallest absolute Gasteiger partial charge is 0.0499 e. The van der Waals surface area contributed by atoms with Crippen LogP contribution in [-0.2, 0) is 5.54 Å². The van der Waals surface area contributed by atoms with Gasteiger partial charge >= 0.3 is 0 Å². The zero-order valence-electron chi connectivity index (χ0n) is 11.5. The van der Waals surface area contributed by atoms with Crippen LogP contribution in [0.3, 0.4) is 0 Å². The van der Waals surface area contributed by atoms with Gasteiger partial charge in [0.2, 0.25) is 0 Å². The van der Waals surface area contributed by atoms with E-state index in [1.54, 1.807) is 0 Å². The van der Waals surface area contributed by atoms with E-state index in [2.05, 4.69) is 22.3 Å². The van der Waals surface area contributed by atoms with Gasteiger partial charge in [-0.1, -0.05) is 36.2 Å². The Balaban J connectivity index is 1.98. The van der Waals surface area contributed by atoms with E-state index in [1.165, 1.54) is 50.8 Å². The van der Waals surface area contributed by atoms with Crippen LogP contribution in [0.4, 0.5) is 0 Å². The highest BCUT2D eigenvalue weighted by Gasteiger charge is 2.40. The third kappa shape index (κ3) is 2.54. The van der Waals surface area contributed by atoms with Crippen molar-refractivity contribution in [3.05, 3.63) is 34.9 Å². The first-order chi connectivity index (χ1) is 9.33. The quantitative estimate of drug-likeness (QED) is 0.892. The normalized spacial score (nSPS) is 24.3. The SMILES string of the molecule is Clc1ccccc1C1(N2CCCCC2)CCNCC1. The Bertz CT molecular complexity index is 421. The lowest BCUT2D eigenvalue weighted by Gasteiger charge is -2.49. The van der Waals surface area contributed by atoms with Crippen molar-refractivity contribution < 1.29 is 0 Å². The van der Waals surface area contributed by atoms with E-state index in [1.807, 2.05) is 12.1 Å². The van der Waals surface area contributed by atoms with Crippen molar-refractivity contribution in [1.82, 2.24) is 10.2 Å². The fourth-order valence-corrected chi connectivity index (χ4v) is 4.07. The molecule has 0 atom stereocenters. The van der Waals surface area contributed by atoms with Gasteiger partial charge in [-0.3, -0.25) is 4.90 Å². The molecule has 104 valence electrons. The van der Waals surface area contributed by atoms with Crippen LogP contribution < -0.4 is 5.32 Å². The van der Waals surface area contributed by atoms with Crippen molar-refractivity contribution in [2.75, 3.05) is 26.2 Å². The van der Waals surface area contributed by atoms with Gasteiger partial charge in [-0.25, -0.2) is 0 Å². The summed E-state index contributed by atoms with van der Waals surface area (Å²) >= 11 is 6.52. The molecule has 0 spiro atoms. The topological polar surface area (TPSA) is 15.3 Å². The Morgan fingerprint density at radius 1 is 1.00 bits per heavy atom. The number of hydrogen-bond acceptors (Lipinski definition) is 2. The van der Waals surface area contributed by atoms with Crippen LogP contribution in [0.5, 0.6) is 0 Å². The summed E-state index contributed by atoms with van der Waals surface area (Å²) in [4.78, 5) is 2.71. The molecule has 0 aliphatic carbocycles. The van der Waals surface area contributed by atoms with Gasteiger partial charge in [0.15, 0.2) is 0 Å². The average Bonchev–Trinajstić information content (AvgIpc) is 2.49. The van der Waals surface area contributed by atoms with Crippen LogP contribution in [0.15, 0.2) is 24.3 Å². The largest absolute Gasteiger partial charge is 0.317 e. The van der Waals surface area contributed by atoms with Gasteiger partial charge in [0.05, 0.1) is 0 Å². The number of hydrogen-bond donors (Lipinski definition) is 1. The molecule has 1 aromatic rings. The predicted octanol–water partition coefficient (Wildman–Crippen LogP) is 3.40. The number of piperidine rings is 2. The van der Waals surface area contributed by atoms with Crippen molar-refractivity contribution in [2.24, 2.45) is 0 Å². The van der Waals surface area contributed by atoms with E-state index in [-0.39, 0.29) is 5.54 Å². The molecule has 19 heavy (non-hydrogen) atoms. The average molecular weight is 279 g/mol. The zero-order chi connectivity index (χ0) is 13.1. The molecule has 2 aliphatic heterocycles. The standard InChI is InChI=1S/C16H23ClN2/c17-15-7-3-2-6-14(15)16(8-10-18-11-9-16)19-12-4-1-5-13-19/h2-3,6-7,18H,1,4-5,8-13H2. The molecular weight excluding hydrogens is 256 g/mol. The third-order valence-corrected chi connectivity index (χ3v) is 5.10. The van der Waals surface area contributed by atoms with Crippen molar-refractivity contribution in [3.63, 3.8) is 0 Å². The summed E-state index contributed by atoms with van der Waals surface area (Å²) in [7, 11) is 0. The number of nitrogens with zero attached hydrogens (tertiary/aromatic N) is 1. The maximum Gasteiger partial charge on any atom is 0.0499 e. The Morgan fingerprint density at radius 3 is 2.37 bits per heavy atom. The lowest BCUT2D eigenvalue weighted by molar-refractivity contribution is 0.0361. The third-order valence-electron chi connectivity index (χ3n) is 4.77. The molecule has 2 saturated heterocycles. The Kier molecular flexibility index (Phi) is 4.11. The second kappa shape index (κ2) is 5.82. The van der Waals surface area contributed by atoms with E-state index in [0.29, 0.717) is 0 Å². The Hall–Kier alpha value is -0.570. The molecule has 0 unspecified atom stereocenters. The van der Waals surface area contributed by atoms with Crippen molar-refractivity contribution in [1.29, 1.82) is 0 Å². The highest BCUT2D eigenvalue weighted by atomic mass is 35.5. The van der Waals surface area contributed by atoms with Crippen molar-refractivity contribution >= 4 is 11.6 Å². The summed E-state index contributed by atoms with van der Waals surface area (Å²) in [6, 6.07) is 8.46. The minimum atomic E-state index is 0.171. The van der Waals surface area contributed by atoms with Crippen LogP contribution in [0.25, 0.3) is 0 Å². The molecular formula is C16H23ClN2. The summed E-state index contributed by atoms with van der Waals surface area (Å²) in [5, 5.41) is 4.44. The van der Waals surface area contributed by atoms with Gasteiger partial charge in [0.25, 0.3) is 0 Å². The van der Waals surface area contributed by atoms with E-state index < -0.39 is 0 Å². The fourth-order valence-electron chi connectivity index (χ4n) is 3.76. The highest BCUT2D eigenvalue weighted by Crippen LogP contribution is 2.41. The highest BCUT2D eigenvalue weighted by molar-refractivity contribution is 6.31. The van der Waals surface area contributed by atoms with Crippen molar-refractivity contribution in [2.45, 2.75) is 37.6 Å². The molecule has 0 saturated carbocycles. The second-order valence-electron chi connectivity index (χ2n) is 5.81. The summed E-state index contributed by atoms with van der Waals surface area (Å²) in [6.45, 7) is 4.65. The minimum absolute atomic E-state index is 0.171. The number of nitrogens with one attached hydrogen (secondary N) is 1. The number of benzene rings is 1. The fraction of sp³-hybridized carbons (Fsp3) is 0.625. The molecule has 3 rings (SSSR count). The van der Waals surface area contributed by atoms with E-state index in [0.717, 1.165) is 18.1 Å². The lowest BCUT2D eigenvalue weighted by atomic mass is 9.78. The molecule has 0 aromatic heterocycles. The van der Waals surface area contributed by atoms with Crippen LogP contribution in [-0.4, -0.2) is 31.1 Å². The molecule has 2 heterocycles. The Morgan fingerprint density at radius 2 is 1.68 bits per heavy atom. The summed E-state index contributed by atoms with van der Waals surface area (Å²) in [6.07, 6.45) is 6.40. The van der Waals surface area contributed by atoms with E-state index in [9.17, 15) is 0 Å². The Labute approximate surface area is 121 Å². The molecule has 1 N–H and O–H groups in total. The zero-order valence-corrected chi connectivity index (χ0v) is 12.3. The molecule has 2 nitrogen and oxygen atoms in total. The number of halogens is 1. The van der Waals surface area contributed by atoms with Crippen molar-refractivity contribution in [3.8, 4) is 0 Å². The van der Waals surface area contributed by atoms with Crippen LogP contribution >= 0.6 is 11.6 Å². The van der Waals surface area contributed by atoms with Crippen LogP contribution in [0.1, 0.15) is 37.7 Å². The van der Waals surface area contributed by atoms with Gasteiger partial charge in [-0.15, -0.1) is 0 Å². The van der Waals surface area contributed by atoms with Crippen LogP contribution in [0, 0.1) is 0 Å². The molecule has 2 fully saturated rings. The second-order valence-corrected chi connectivity index (χ2v) is 6.22. The van der Waals surface area contributed by atoms with E-state index >= 15 is 0 Å². The number of rotatable bonds is 2. The number of likely N-dealkylation sites (tertiary alicyclic amines) is 1. The van der Waals surface area contributed by atoms with Gasteiger partial charge in [0.1, 0.15) is 0 Å². The molecule has 0 bridgehead atoms. The monoisotopic (exact) mass is 278 g/mol. The maximum atomic E-state index is 6.52. The van der Waals surface area contributed by atoms with Gasteiger partial charge in [0, 0.05) is 10.6 Å². The maximum absolute atomic E-state index is 6.52. The minimum Gasteiger partial charge on any atom is -0.317 e. The molecule has 0 radical (unpaired) electrons. The van der Waals surface area contributed by atoms with Gasteiger partial charge < -0.3 is 5.32 Å². The first-order valence-corrected chi connectivity index (χ1v) is 7.91. The van der Waals surface area contributed by atoms with Crippen LogP contribution in [0.2, 0.25) is 5.02 Å². The summed E-state index contributed by atoms with van der Waals surface area (Å²) < 4.78 is 0. The van der Waals surface area contributed by atoms with Gasteiger partial charge in [-0.2, -0.15) is 0 Å². The first kappa shape index (κ1) is 13.4. The predicted molar refractivity (Wildman–Crippen MR) is 80.7 cm³/mol. The summed E-state index contributed by atoms with van der Waals surface area (Å²) in [5.74, 6) is 0. The molecule has 0 amide bonds. The van der Waals surface area contributed by atoms with Gasteiger partial charge in [-0.05, 0) is 63.5 Å². The molecule has 2 aliphatic rings. The molecule has 1 aromatic carbocycles. The summed E-state index contributed by atoms with van der Waals surface area (Å²) in [5.41, 5.74) is 1.52.